The maximum absolute atomic E-state index is 3.79. The molecule has 0 aromatic heterocycles. The highest BCUT2D eigenvalue weighted by Crippen LogP contribution is 1.87. The predicted octanol–water partition coefficient (Wildman–Crippen LogP) is 0.492. The van der Waals surface area contributed by atoms with Crippen LogP contribution in [0.1, 0.15) is 0 Å². The van der Waals surface area contributed by atoms with Crippen molar-refractivity contribution in [3.8, 4) is 0 Å². The summed E-state index contributed by atoms with van der Waals surface area (Å²) in [5.41, 5.74) is 2.76. The van der Waals surface area contributed by atoms with Crippen LogP contribution >= 0.6 is 0 Å². The Morgan fingerprint density at radius 3 is 3.22 bits per heavy atom. The van der Waals surface area contributed by atoms with E-state index < -0.39 is 0 Å². The quantitative estimate of drug-likeness (QED) is 0.541. The van der Waals surface area contributed by atoms with Crippen molar-refractivity contribution in [1.29, 1.82) is 0 Å². The Morgan fingerprint density at radius 1 is 1.78 bits per heavy atom. The second-order valence-electron chi connectivity index (χ2n) is 1.66. The summed E-state index contributed by atoms with van der Waals surface area (Å²) in [5, 5.41) is 5.62. The Labute approximate surface area is 54.3 Å². The van der Waals surface area contributed by atoms with Gasteiger partial charge in [-0.25, -0.2) is 5.53 Å². The predicted molar refractivity (Wildman–Crippen MR) is 37.7 cm³/mol. The molecule has 0 aromatic carbocycles. The van der Waals surface area contributed by atoms with Crippen LogP contribution in [0.2, 0.25) is 0 Å². The van der Waals surface area contributed by atoms with Gasteiger partial charge >= 0.3 is 0 Å². The van der Waals surface area contributed by atoms with Crippen molar-refractivity contribution >= 4 is 6.21 Å². The number of hydrazine groups is 1. The molecule has 1 aliphatic rings. The average Bonchev–Trinajstić information content (AvgIpc) is 1.91. The highest BCUT2D eigenvalue weighted by molar-refractivity contribution is 5.71. The maximum atomic E-state index is 3.79. The van der Waals surface area contributed by atoms with E-state index in [1.165, 1.54) is 0 Å². The molecule has 0 aliphatic carbocycles. The molecule has 1 heterocycles. The molecule has 0 unspecified atom stereocenters. The fourth-order valence-corrected chi connectivity index (χ4v) is 0.567. The fraction of sp³-hybridized carbons (Fsp3) is 0.167. The first-order chi connectivity index (χ1) is 4.43. The molecule has 1 rings (SSSR count). The number of hydrogen-bond donors (Lipinski definition) is 1. The summed E-state index contributed by atoms with van der Waals surface area (Å²) >= 11 is 0. The lowest BCUT2D eigenvalue weighted by atomic mass is 10.5. The smallest absolute Gasteiger partial charge is 0.0581 e. The van der Waals surface area contributed by atoms with Crippen molar-refractivity contribution in [1.82, 2.24) is 10.5 Å². The Hall–Kier alpha value is -1.25. The Bertz CT molecular complexity index is 146. The minimum atomic E-state index is 0.772. The van der Waals surface area contributed by atoms with Crippen LogP contribution in [0.15, 0.2) is 30.0 Å². The number of hydrazone groups is 1. The van der Waals surface area contributed by atoms with Crippen LogP contribution in [0, 0.1) is 0 Å². The molecule has 0 amide bonds. The van der Waals surface area contributed by atoms with E-state index in [1.807, 2.05) is 17.3 Å². The standard InChI is InChI=1S/C6H9N3/c1-2-5-9-6-3-4-7-8-9/h2-4,6,8H,1,5H2. The van der Waals surface area contributed by atoms with Gasteiger partial charge in [-0.05, 0) is 6.08 Å². The van der Waals surface area contributed by atoms with Crippen LogP contribution in [0.4, 0.5) is 0 Å². The van der Waals surface area contributed by atoms with E-state index in [0.29, 0.717) is 0 Å². The third-order valence-electron chi connectivity index (χ3n) is 0.939. The molecule has 3 nitrogen and oxygen atoms in total. The Balaban J connectivity index is 2.36. The number of allylic oxidation sites excluding steroid dienone is 1. The lowest BCUT2D eigenvalue weighted by Crippen LogP contribution is -2.30. The van der Waals surface area contributed by atoms with Gasteiger partial charge in [-0.3, -0.25) is 5.01 Å². The van der Waals surface area contributed by atoms with Crippen LogP contribution in [0.5, 0.6) is 0 Å². The van der Waals surface area contributed by atoms with Gasteiger partial charge in [0.05, 0.1) is 12.8 Å². The van der Waals surface area contributed by atoms with Crippen LogP contribution in [0.25, 0.3) is 0 Å². The minimum Gasteiger partial charge on any atom is -0.276 e. The van der Waals surface area contributed by atoms with Gasteiger partial charge in [0.25, 0.3) is 0 Å². The number of hydrogen-bond acceptors (Lipinski definition) is 3. The molecule has 0 radical (unpaired) electrons. The summed E-state index contributed by atoms with van der Waals surface area (Å²) in [4.78, 5) is 0. The minimum absolute atomic E-state index is 0.772. The summed E-state index contributed by atoms with van der Waals surface area (Å²) < 4.78 is 0. The fourth-order valence-electron chi connectivity index (χ4n) is 0.567. The van der Waals surface area contributed by atoms with Crippen LogP contribution in [-0.2, 0) is 0 Å². The SMILES string of the molecule is C=CCN1C=CC=NN1. The molecule has 0 fully saturated rings. The van der Waals surface area contributed by atoms with Crippen molar-refractivity contribution < 1.29 is 0 Å². The van der Waals surface area contributed by atoms with Crippen molar-refractivity contribution in [3.63, 3.8) is 0 Å². The second kappa shape index (κ2) is 2.91. The largest absolute Gasteiger partial charge is 0.276 e. The number of rotatable bonds is 2. The summed E-state index contributed by atoms with van der Waals surface area (Å²) in [5.74, 6) is 0. The third-order valence-corrected chi connectivity index (χ3v) is 0.939. The van der Waals surface area contributed by atoms with E-state index in [2.05, 4.69) is 17.2 Å². The van der Waals surface area contributed by atoms with Crippen molar-refractivity contribution in [3.05, 3.63) is 24.9 Å². The summed E-state index contributed by atoms with van der Waals surface area (Å²) in [6.07, 6.45) is 7.26. The molecular weight excluding hydrogens is 114 g/mol. The van der Waals surface area contributed by atoms with Crippen molar-refractivity contribution in [2.75, 3.05) is 6.54 Å². The van der Waals surface area contributed by atoms with Crippen LogP contribution < -0.4 is 5.53 Å². The van der Waals surface area contributed by atoms with E-state index in [4.69, 9.17) is 0 Å². The Kier molecular flexibility index (Phi) is 1.90. The van der Waals surface area contributed by atoms with Gasteiger partial charge in [0, 0.05) is 6.20 Å². The van der Waals surface area contributed by atoms with Gasteiger partial charge in [0.1, 0.15) is 0 Å². The first-order valence-electron chi connectivity index (χ1n) is 2.76. The zero-order valence-corrected chi connectivity index (χ0v) is 5.12. The molecule has 0 atom stereocenters. The molecule has 3 heteroatoms. The molecule has 1 aliphatic heterocycles. The monoisotopic (exact) mass is 123 g/mol. The number of nitrogens with one attached hydrogen (secondary N) is 1. The highest BCUT2D eigenvalue weighted by atomic mass is 15.6. The van der Waals surface area contributed by atoms with E-state index in [0.717, 1.165) is 6.54 Å². The van der Waals surface area contributed by atoms with E-state index in [9.17, 15) is 0 Å². The second-order valence-corrected chi connectivity index (χ2v) is 1.66. The molecule has 0 aromatic rings. The van der Waals surface area contributed by atoms with Crippen LogP contribution in [0.3, 0.4) is 0 Å². The zero-order chi connectivity index (χ0) is 6.53. The molecular formula is C6H9N3. The summed E-state index contributed by atoms with van der Waals surface area (Å²) in [7, 11) is 0. The molecule has 0 bridgehead atoms. The van der Waals surface area contributed by atoms with Crippen molar-refractivity contribution in [2.45, 2.75) is 0 Å². The van der Waals surface area contributed by atoms with Crippen LogP contribution in [-0.4, -0.2) is 17.8 Å². The normalized spacial score (nSPS) is 15.3. The summed E-state index contributed by atoms with van der Waals surface area (Å²) in [6.45, 7) is 4.36. The molecule has 9 heavy (non-hydrogen) atoms. The lowest BCUT2D eigenvalue weighted by Gasteiger charge is -2.18. The van der Waals surface area contributed by atoms with E-state index >= 15 is 0 Å². The van der Waals surface area contributed by atoms with E-state index in [1.54, 1.807) is 12.3 Å². The molecule has 1 N–H and O–H groups in total. The van der Waals surface area contributed by atoms with Gasteiger partial charge in [-0.2, -0.15) is 5.10 Å². The lowest BCUT2D eigenvalue weighted by molar-refractivity contribution is 0.304. The maximum Gasteiger partial charge on any atom is 0.0581 e. The van der Waals surface area contributed by atoms with Crippen molar-refractivity contribution in [2.24, 2.45) is 5.10 Å². The number of nitrogens with zero attached hydrogens (tertiary/aromatic N) is 2. The molecule has 0 saturated carbocycles. The topological polar surface area (TPSA) is 27.6 Å². The molecule has 0 spiro atoms. The molecule has 0 saturated heterocycles. The van der Waals surface area contributed by atoms with Gasteiger partial charge in [0.15, 0.2) is 0 Å². The first kappa shape index (κ1) is 5.88. The van der Waals surface area contributed by atoms with Gasteiger partial charge in [-0.1, -0.05) is 6.08 Å². The van der Waals surface area contributed by atoms with Gasteiger partial charge in [-0.15, -0.1) is 6.58 Å². The van der Waals surface area contributed by atoms with E-state index in [-0.39, 0.29) is 0 Å². The average molecular weight is 123 g/mol. The summed E-state index contributed by atoms with van der Waals surface area (Å²) in [6, 6.07) is 0. The molecule has 48 valence electrons. The highest BCUT2D eigenvalue weighted by Gasteiger charge is 1.92. The first-order valence-corrected chi connectivity index (χ1v) is 2.76. The Morgan fingerprint density at radius 2 is 2.67 bits per heavy atom. The van der Waals surface area contributed by atoms with Gasteiger partial charge < -0.3 is 0 Å². The van der Waals surface area contributed by atoms with Gasteiger partial charge in [0.2, 0.25) is 0 Å². The third kappa shape index (κ3) is 1.60. The zero-order valence-electron chi connectivity index (χ0n) is 5.12.